The molecule has 0 bridgehead atoms. The van der Waals surface area contributed by atoms with Gasteiger partial charge in [-0.05, 0) is 53.2 Å². The van der Waals surface area contributed by atoms with Gasteiger partial charge in [0.25, 0.3) is 0 Å². The Labute approximate surface area is 224 Å². The van der Waals surface area contributed by atoms with Gasteiger partial charge in [-0.2, -0.15) is 0 Å². The molecule has 8 atom stereocenters. The monoisotopic (exact) mass is 530 g/mol. The minimum Gasteiger partial charge on any atom is -0.505 e. The second-order valence-corrected chi connectivity index (χ2v) is 13.2. The van der Waals surface area contributed by atoms with Gasteiger partial charge in [-0.25, -0.2) is 0 Å². The van der Waals surface area contributed by atoms with E-state index >= 15 is 0 Å². The Bertz CT molecular complexity index is 1210. The van der Waals surface area contributed by atoms with Crippen molar-refractivity contribution in [1.82, 2.24) is 0 Å². The lowest BCUT2D eigenvalue weighted by Crippen LogP contribution is -2.79. The van der Waals surface area contributed by atoms with Crippen molar-refractivity contribution in [2.45, 2.75) is 78.1 Å². The number of hydrogen-bond acceptors (Lipinski definition) is 8. The number of carbonyl (C=O) groups excluding carboxylic acids is 3. The van der Waals surface area contributed by atoms with E-state index in [1.54, 1.807) is 25.9 Å². The molecule has 2 unspecified atom stereocenters. The van der Waals surface area contributed by atoms with Crippen LogP contribution in [0.25, 0.3) is 0 Å². The van der Waals surface area contributed by atoms with Crippen LogP contribution in [0.15, 0.2) is 6.07 Å². The number of phenols is 1. The summed E-state index contributed by atoms with van der Waals surface area (Å²) in [6.07, 6.45) is -2.86. The molecule has 9 heteroatoms. The molecule has 0 aromatic heterocycles. The minimum absolute atomic E-state index is 0.0369. The molecule has 9 nitrogen and oxygen atoms in total. The van der Waals surface area contributed by atoms with Crippen LogP contribution in [0.4, 0.5) is 5.69 Å². The maximum atomic E-state index is 14.3. The lowest BCUT2D eigenvalue weighted by molar-refractivity contribution is -0.265. The van der Waals surface area contributed by atoms with Gasteiger partial charge in [-0.15, -0.1) is 0 Å². The number of anilines is 1. The van der Waals surface area contributed by atoms with Crippen LogP contribution in [0, 0.1) is 34.5 Å². The third-order valence-electron chi connectivity index (χ3n) is 9.90. The molecule has 3 aliphatic carbocycles. The average molecular weight is 531 g/mol. The SMILES string of the molecule is CC(C)c1cc(N(C)C)c(O)c2c1C[C@]1(C)C[C@]3(C)[C@@H](C(C)C)C(O)[C@@H](C(N)=O)C(=O)[C@]3(O)C(O)[C@H]1C2=O. The fraction of sp³-hybridized carbons (Fsp3) is 0.690. The van der Waals surface area contributed by atoms with Gasteiger partial charge in [0.2, 0.25) is 5.91 Å². The lowest BCUT2D eigenvalue weighted by atomic mass is 9.39. The summed E-state index contributed by atoms with van der Waals surface area (Å²) in [4.78, 5) is 42.1. The standard InChI is InChI=1S/C29H42N2O7/c1-12(2)14-9-16(31(7)8)21(32)17-15(14)10-27(5)11-28(6)19(13(3)4)23(34)18(26(30)37)24(35)29(28,38)25(36)20(27)22(17)33/h9,12-13,18-20,23,25,32,34,36,38H,10-11H2,1-8H3,(H2,30,37)/t18-,19+,20-,23?,25?,27-,28-,29+/m1/s1. The molecule has 38 heavy (non-hydrogen) atoms. The van der Waals surface area contributed by atoms with Crippen LogP contribution in [-0.2, 0) is 16.0 Å². The number of amides is 1. The summed E-state index contributed by atoms with van der Waals surface area (Å²) >= 11 is 0. The molecule has 1 aromatic carbocycles. The molecular formula is C29H42N2O7. The highest BCUT2D eigenvalue weighted by molar-refractivity contribution is 6.09. The number of rotatable bonds is 4. The van der Waals surface area contributed by atoms with Crippen LogP contribution >= 0.6 is 0 Å². The van der Waals surface area contributed by atoms with E-state index in [0.717, 1.165) is 5.56 Å². The number of hydrogen-bond donors (Lipinski definition) is 5. The van der Waals surface area contributed by atoms with Crippen molar-refractivity contribution in [1.29, 1.82) is 0 Å². The Kier molecular flexibility index (Phi) is 6.57. The lowest BCUT2D eigenvalue weighted by Gasteiger charge is -2.66. The van der Waals surface area contributed by atoms with Gasteiger partial charge in [0.15, 0.2) is 17.2 Å². The van der Waals surface area contributed by atoms with Gasteiger partial charge in [0, 0.05) is 19.5 Å². The predicted molar refractivity (Wildman–Crippen MR) is 142 cm³/mol. The number of Topliss-reactive ketones (excluding diaryl/α,β-unsaturated/α-hetero) is 2. The fourth-order valence-corrected chi connectivity index (χ4v) is 8.47. The molecule has 210 valence electrons. The van der Waals surface area contributed by atoms with Crippen LogP contribution in [0.3, 0.4) is 0 Å². The number of nitrogens with two attached hydrogens (primary N) is 1. The maximum Gasteiger partial charge on any atom is 0.230 e. The predicted octanol–water partition coefficient (Wildman–Crippen LogP) is 1.76. The van der Waals surface area contributed by atoms with Crippen LogP contribution in [-0.4, -0.2) is 69.8 Å². The smallest absolute Gasteiger partial charge is 0.230 e. The summed E-state index contributed by atoms with van der Waals surface area (Å²) in [6.45, 7) is 11.2. The zero-order chi connectivity index (χ0) is 28.9. The van der Waals surface area contributed by atoms with Crippen molar-refractivity contribution in [2.24, 2.45) is 40.2 Å². The highest BCUT2D eigenvalue weighted by Gasteiger charge is 2.76. The van der Waals surface area contributed by atoms with Crippen LogP contribution in [0.5, 0.6) is 5.75 Å². The molecule has 1 aromatic rings. The molecule has 0 spiro atoms. The molecule has 2 saturated carbocycles. The third-order valence-corrected chi connectivity index (χ3v) is 9.90. The average Bonchev–Trinajstić information content (AvgIpc) is 2.75. The number of aliphatic hydroxyl groups excluding tert-OH is 2. The number of benzene rings is 1. The molecule has 6 N–H and O–H groups in total. The Morgan fingerprint density at radius 1 is 1.13 bits per heavy atom. The molecule has 0 aliphatic heterocycles. The Morgan fingerprint density at radius 2 is 1.71 bits per heavy atom. The van der Waals surface area contributed by atoms with Crippen LogP contribution in [0.1, 0.15) is 75.4 Å². The van der Waals surface area contributed by atoms with Crippen LogP contribution in [0.2, 0.25) is 0 Å². The van der Waals surface area contributed by atoms with E-state index in [2.05, 4.69) is 0 Å². The molecule has 1 amide bonds. The van der Waals surface area contributed by atoms with E-state index in [9.17, 15) is 34.8 Å². The van der Waals surface area contributed by atoms with Crippen LogP contribution < -0.4 is 10.6 Å². The highest BCUT2D eigenvalue weighted by atomic mass is 16.4. The van der Waals surface area contributed by atoms with Gasteiger partial charge in [-0.3, -0.25) is 14.4 Å². The maximum absolute atomic E-state index is 14.3. The summed E-state index contributed by atoms with van der Waals surface area (Å²) in [5.74, 6) is -6.84. The molecular weight excluding hydrogens is 488 g/mol. The minimum atomic E-state index is -2.51. The summed E-state index contributed by atoms with van der Waals surface area (Å²) in [7, 11) is 3.52. The van der Waals surface area contributed by atoms with Gasteiger partial charge >= 0.3 is 0 Å². The zero-order valence-corrected chi connectivity index (χ0v) is 23.6. The van der Waals surface area contributed by atoms with E-state index in [1.165, 1.54) is 0 Å². The molecule has 4 rings (SSSR count). The Hall–Kier alpha value is -2.49. The first-order valence-electron chi connectivity index (χ1n) is 13.4. The normalized spacial score (nSPS) is 38.6. The number of aliphatic hydroxyl groups is 3. The number of carbonyl (C=O) groups is 3. The molecule has 0 radical (unpaired) electrons. The Morgan fingerprint density at radius 3 is 2.18 bits per heavy atom. The highest BCUT2D eigenvalue weighted by Crippen LogP contribution is 2.66. The zero-order valence-electron chi connectivity index (χ0n) is 23.6. The van der Waals surface area contributed by atoms with Crippen molar-refractivity contribution in [3.8, 4) is 5.75 Å². The number of primary amides is 1. The molecule has 0 heterocycles. The van der Waals surface area contributed by atoms with E-state index in [-0.39, 0.29) is 29.6 Å². The second-order valence-electron chi connectivity index (χ2n) is 13.2. The number of ketones is 2. The van der Waals surface area contributed by atoms with Gasteiger partial charge < -0.3 is 31.1 Å². The fourth-order valence-electron chi connectivity index (χ4n) is 8.47. The summed E-state index contributed by atoms with van der Waals surface area (Å²) in [6, 6.07) is 1.88. The summed E-state index contributed by atoms with van der Waals surface area (Å²) < 4.78 is 0. The number of fused-ring (bicyclic) bond motifs is 3. The van der Waals surface area contributed by atoms with E-state index in [0.29, 0.717) is 17.7 Å². The quantitative estimate of drug-likeness (QED) is 0.368. The first-order chi connectivity index (χ1) is 17.4. The second kappa shape index (κ2) is 8.76. The van der Waals surface area contributed by atoms with Crippen molar-refractivity contribution in [2.75, 3.05) is 19.0 Å². The molecule has 0 saturated heterocycles. The topological polar surface area (TPSA) is 161 Å². The van der Waals surface area contributed by atoms with Gasteiger partial charge in [0.1, 0.15) is 17.8 Å². The third kappa shape index (κ3) is 3.44. The van der Waals surface area contributed by atoms with Crippen molar-refractivity contribution in [3.63, 3.8) is 0 Å². The van der Waals surface area contributed by atoms with E-state index in [4.69, 9.17) is 5.73 Å². The van der Waals surface area contributed by atoms with E-state index in [1.807, 2.05) is 40.7 Å². The Balaban J connectivity index is 2.01. The molecule has 3 aliphatic rings. The van der Waals surface area contributed by atoms with Gasteiger partial charge in [-0.1, -0.05) is 41.5 Å². The molecule has 2 fully saturated rings. The van der Waals surface area contributed by atoms with Gasteiger partial charge in [0.05, 0.1) is 23.3 Å². The van der Waals surface area contributed by atoms with Crippen molar-refractivity contribution in [3.05, 3.63) is 22.8 Å². The first-order valence-corrected chi connectivity index (χ1v) is 13.4. The number of phenolic OH excluding ortho intramolecular Hbond substituents is 1. The summed E-state index contributed by atoms with van der Waals surface area (Å²) in [5, 5.41) is 46.5. The van der Waals surface area contributed by atoms with Crippen molar-refractivity contribution >= 4 is 23.2 Å². The number of nitrogens with zero attached hydrogens (tertiary/aromatic N) is 1. The first kappa shape index (κ1) is 28.5. The number of aromatic hydroxyl groups is 1. The summed E-state index contributed by atoms with van der Waals surface area (Å²) in [5.41, 5.74) is 2.91. The largest absolute Gasteiger partial charge is 0.505 e. The van der Waals surface area contributed by atoms with E-state index < -0.39 is 63.9 Å². The van der Waals surface area contributed by atoms with Crippen molar-refractivity contribution < 1.29 is 34.8 Å².